The number of likely N-dealkylation sites (tertiary alicyclic amines) is 1. The molecular formula is C19H26N2O3. The van der Waals surface area contributed by atoms with Crippen LogP contribution in [0.2, 0.25) is 0 Å². The van der Waals surface area contributed by atoms with Gasteiger partial charge in [-0.3, -0.25) is 4.79 Å². The molecule has 1 spiro atoms. The van der Waals surface area contributed by atoms with Crippen LogP contribution >= 0.6 is 0 Å². The zero-order chi connectivity index (χ0) is 17.4. The van der Waals surface area contributed by atoms with Gasteiger partial charge in [0, 0.05) is 13.1 Å². The maximum atomic E-state index is 12.6. The lowest BCUT2D eigenvalue weighted by Gasteiger charge is -2.37. The van der Waals surface area contributed by atoms with Crippen LogP contribution in [0.1, 0.15) is 51.6 Å². The lowest BCUT2D eigenvalue weighted by atomic mass is 9.75. The maximum absolute atomic E-state index is 12.6. The van der Waals surface area contributed by atoms with Gasteiger partial charge >= 0.3 is 6.09 Å². The van der Waals surface area contributed by atoms with Crippen LogP contribution in [0, 0.1) is 5.41 Å². The van der Waals surface area contributed by atoms with Crippen molar-refractivity contribution in [1.29, 1.82) is 0 Å². The van der Waals surface area contributed by atoms with Gasteiger partial charge in [0.2, 0.25) is 5.91 Å². The number of piperidine rings is 1. The molecule has 0 unspecified atom stereocenters. The van der Waals surface area contributed by atoms with Crippen molar-refractivity contribution in [3.05, 3.63) is 35.9 Å². The topological polar surface area (TPSA) is 58.6 Å². The van der Waals surface area contributed by atoms with Crippen LogP contribution in [0.5, 0.6) is 0 Å². The molecule has 5 heteroatoms. The third kappa shape index (κ3) is 3.40. The molecule has 2 aliphatic heterocycles. The van der Waals surface area contributed by atoms with Crippen molar-refractivity contribution in [3.63, 3.8) is 0 Å². The molecule has 2 aliphatic rings. The average Bonchev–Trinajstić information content (AvgIpc) is 2.84. The fourth-order valence-corrected chi connectivity index (χ4v) is 3.61. The molecule has 130 valence electrons. The summed E-state index contributed by atoms with van der Waals surface area (Å²) in [5.74, 6) is 0.125. The first-order valence-corrected chi connectivity index (χ1v) is 8.63. The molecule has 0 bridgehead atoms. The molecule has 1 aromatic carbocycles. The minimum Gasteiger partial charge on any atom is -0.444 e. The highest BCUT2D eigenvalue weighted by Crippen LogP contribution is 2.45. The molecule has 1 aromatic rings. The van der Waals surface area contributed by atoms with E-state index >= 15 is 0 Å². The van der Waals surface area contributed by atoms with E-state index in [4.69, 9.17) is 4.74 Å². The summed E-state index contributed by atoms with van der Waals surface area (Å²) in [6.45, 7) is 6.75. The van der Waals surface area contributed by atoms with Gasteiger partial charge in [0.1, 0.15) is 5.60 Å². The van der Waals surface area contributed by atoms with Crippen molar-refractivity contribution in [2.45, 2.75) is 51.7 Å². The first kappa shape index (κ1) is 16.8. The Hall–Kier alpha value is -2.04. The molecule has 3 rings (SSSR count). The lowest BCUT2D eigenvalue weighted by molar-refractivity contribution is -0.130. The second kappa shape index (κ2) is 6.11. The summed E-state index contributed by atoms with van der Waals surface area (Å²) in [6.07, 6.45) is 1.91. The summed E-state index contributed by atoms with van der Waals surface area (Å²) < 4.78 is 5.43. The van der Waals surface area contributed by atoms with Gasteiger partial charge in [-0.15, -0.1) is 0 Å². The van der Waals surface area contributed by atoms with Crippen molar-refractivity contribution in [1.82, 2.24) is 10.2 Å². The number of ether oxygens (including phenoxy) is 1. The number of benzene rings is 1. The van der Waals surface area contributed by atoms with Gasteiger partial charge in [-0.05, 0) is 45.6 Å². The van der Waals surface area contributed by atoms with E-state index in [-0.39, 0.29) is 23.5 Å². The van der Waals surface area contributed by atoms with Gasteiger partial charge in [0.25, 0.3) is 0 Å². The fraction of sp³-hybridized carbons (Fsp3) is 0.579. The summed E-state index contributed by atoms with van der Waals surface area (Å²) in [5, 5.41) is 3.14. The maximum Gasteiger partial charge on any atom is 0.410 e. The molecule has 1 N–H and O–H groups in total. The predicted molar refractivity (Wildman–Crippen MR) is 91.4 cm³/mol. The van der Waals surface area contributed by atoms with E-state index in [1.807, 2.05) is 39.0 Å². The Morgan fingerprint density at radius 1 is 1.21 bits per heavy atom. The number of rotatable bonds is 1. The van der Waals surface area contributed by atoms with Crippen molar-refractivity contribution < 1.29 is 14.3 Å². The molecule has 5 nitrogen and oxygen atoms in total. The Kier molecular flexibility index (Phi) is 4.28. The zero-order valence-corrected chi connectivity index (χ0v) is 14.7. The standard InChI is InChI=1S/C19H26N2O3/c1-18(2,3)24-17(23)21-11-9-19(10-12-21)13-15(20-16(19)22)14-7-5-4-6-8-14/h4-8,15H,9-13H2,1-3H3,(H,20,22)/t15-/m1/s1. The molecule has 24 heavy (non-hydrogen) atoms. The van der Waals surface area contributed by atoms with Crippen LogP contribution in [0.4, 0.5) is 4.79 Å². The van der Waals surface area contributed by atoms with Crippen LogP contribution in [-0.2, 0) is 9.53 Å². The van der Waals surface area contributed by atoms with E-state index in [9.17, 15) is 9.59 Å². The third-order valence-corrected chi connectivity index (χ3v) is 4.96. The highest BCUT2D eigenvalue weighted by atomic mass is 16.6. The summed E-state index contributed by atoms with van der Waals surface area (Å²) >= 11 is 0. The molecule has 0 saturated carbocycles. The zero-order valence-electron chi connectivity index (χ0n) is 14.7. The normalized spacial score (nSPS) is 23.2. The second-order valence-electron chi connectivity index (χ2n) is 7.89. The Labute approximate surface area is 143 Å². The minimum absolute atomic E-state index is 0.0757. The highest BCUT2D eigenvalue weighted by Gasteiger charge is 2.49. The van der Waals surface area contributed by atoms with Gasteiger partial charge in [0.05, 0.1) is 11.5 Å². The smallest absolute Gasteiger partial charge is 0.410 e. The Bertz CT molecular complexity index is 613. The third-order valence-electron chi connectivity index (χ3n) is 4.96. The van der Waals surface area contributed by atoms with E-state index < -0.39 is 5.60 Å². The SMILES string of the molecule is CC(C)(C)OC(=O)N1CCC2(CC1)C[C@H](c1ccccc1)NC2=O. The highest BCUT2D eigenvalue weighted by molar-refractivity contribution is 5.86. The lowest BCUT2D eigenvalue weighted by Crippen LogP contribution is -2.47. The number of amides is 2. The Morgan fingerprint density at radius 2 is 1.83 bits per heavy atom. The fourth-order valence-electron chi connectivity index (χ4n) is 3.61. The molecule has 0 aliphatic carbocycles. The number of hydrogen-bond donors (Lipinski definition) is 1. The molecule has 2 amide bonds. The largest absolute Gasteiger partial charge is 0.444 e. The number of carbonyl (C=O) groups is 2. The number of nitrogens with one attached hydrogen (secondary N) is 1. The van der Waals surface area contributed by atoms with Gasteiger partial charge in [-0.2, -0.15) is 0 Å². The number of carbonyl (C=O) groups excluding carboxylic acids is 2. The molecule has 2 heterocycles. The van der Waals surface area contributed by atoms with Gasteiger partial charge in [-0.25, -0.2) is 4.79 Å². The van der Waals surface area contributed by atoms with Crippen LogP contribution in [0.25, 0.3) is 0 Å². The summed E-state index contributed by atoms with van der Waals surface area (Å²) in [7, 11) is 0. The van der Waals surface area contributed by atoms with Crippen molar-refractivity contribution >= 4 is 12.0 Å². The molecule has 0 aromatic heterocycles. The van der Waals surface area contributed by atoms with Crippen molar-refractivity contribution in [2.75, 3.05) is 13.1 Å². The van der Waals surface area contributed by atoms with Crippen LogP contribution in [0.15, 0.2) is 30.3 Å². The van der Waals surface area contributed by atoms with E-state index in [0.717, 1.165) is 12.0 Å². The molecule has 1 atom stereocenters. The Morgan fingerprint density at radius 3 is 2.42 bits per heavy atom. The average molecular weight is 330 g/mol. The second-order valence-corrected chi connectivity index (χ2v) is 7.89. The van der Waals surface area contributed by atoms with E-state index in [0.29, 0.717) is 25.9 Å². The van der Waals surface area contributed by atoms with Gasteiger partial charge in [0.15, 0.2) is 0 Å². The molecule has 0 radical (unpaired) electrons. The summed E-state index contributed by atoms with van der Waals surface area (Å²) in [5.41, 5.74) is 0.311. The van der Waals surface area contributed by atoms with E-state index in [1.165, 1.54) is 0 Å². The predicted octanol–water partition coefficient (Wildman–Crippen LogP) is 3.26. The Balaban J connectivity index is 1.63. The van der Waals surface area contributed by atoms with Crippen LogP contribution in [-0.4, -0.2) is 35.6 Å². The van der Waals surface area contributed by atoms with E-state index in [2.05, 4.69) is 17.4 Å². The summed E-state index contributed by atoms with van der Waals surface area (Å²) in [6, 6.07) is 10.2. The van der Waals surface area contributed by atoms with E-state index in [1.54, 1.807) is 4.90 Å². The van der Waals surface area contributed by atoms with Crippen molar-refractivity contribution in [3.8, 4) is 0 Å². The van der Waals surface area contributed by atoms with Crippen LogP contribution in [0.3, 0.4) is 0 Å². The molecule has 2 saturated heterocycles. The molecular weight excluding hydrogens is 304 g/mol. The quantitative estimate of drug-likeness (QED) is 0.860. The number of nitrogens with zero attached hydrogens (tertiary/aromatic N) is 1. The first-order valence-electron chi connectivity index (χ1n) is 8.63. The number of hydrogen-bond acceptors (Lipinski definition) is 3. The summed E-state index contributed by atoms with van der Waals surface area (Å²) in [4.78, 5) is 26.5. The van der Waals surface area contributed by atoms with Crippen LogP contribution < -0.4 is 5.32 Å². The first-order chi connectivity index (χ1) is 11.3. The van der Waals surface area contributed by atoms with Crippen molar-refractivity contribution in [2.24, 2.45) is 5.41 Å². The minimum atomic E-state index is -0.491. The van der Waals surface area contributed by atoms with Gasteiger partial charge < -0.3 is 15.0 Å². The molecule has 2 fully saturated rings. The monoisotopic (exact) mass is 330 g/mol. The van der Waals surface area contributed by atoms with Gasteiger partial charge in [-0.1, -0.05) is 30.3 Å².